The number of ether oxygens (including phenoxy) is 2. The van der Waals surface area contributed by atoms with E-state index in [-0.39, 0.29) is 12.0 Å². The van der Waals surface area contributed by atoms with Crippen molar-refractivity contribution in [3.8, 4) is 6.26 Å². The topological polar surface area (TPSA) is 70.4 Å². The molecule has 1 aliphatic rings. The fraction of sp³-hybridized carbons (Fsp3) is 0.438. The first-order valence-electron chi connectivity index (χ1n) is 13.2. The quantitative estimate of drug-likeness (QED) is 0.232. The summed E-state index contributed by atoms with van der Waals surface area (Å²) in [4.78, 5) is 8.44. The van der Waals surface area contributed by atoms with Gasteiger partial charge >= 0.3 is 0 Å². The molecule has 3 rings (SSSR count). The van der Waals surface area contributed by atoms with E-state index in [2.05, 4.69) is 79.9 Å². The van der Waals surface area contributed by atoms with Crippen LogP contribution >= 0.6 is 0 Å². The minimum absolute atomic E-state index is 0.198. The Bertz CT molecular complexity index is 1080. The largest absolute Gasteiger partial charge is 0.501 e. The average Bonchev–Trinajstić information content (AvgIpc) is 3.43. The van der Waals surface area contributed by atoms with Crippen LogP contribution in [0.5, 0.6) is 0 Å². The van der Waals surface area contributed by atoms with Crippen molar-refractivity contribution in [2.45, 2.75) is 87.6 Å². The van der Waals surface area contributed by atoms with Crippen LogP contribution in [0.3, 0.4) is 0 Å². The number of hydrogen-bond acceptors (Lipinski definition) is 4. The van der Waals surface area contributed by atoms with Crippen molar-refractivity contribution in [1.29, 1.82) is 5.26 Å². The van der Waals surface area contributed by atoms with Gasteiger partial charge in [0.1, 0.15) is 5.76 Å². The van der Waals surface area contributed by atoms with Gasteiger partial charge in [0, 0.05) is 23.5 Å². The van der Waals surface area contributed by atoms with Crippen LogP contribution in [0, 0.1) is 25.4 Å². The van der Waals surface area contributed by atoms with E-state index in [1.54, 1.807) is 25.5 Å². The number of benzene rings is 1. The van der Waals surface area contributed by atoms with Gasteiger partial charge in [0.05, 0.1) is 24.8 Å². The van der Waals surface area contributed by atoms with Crippen LogP contribution in [0.25, 0.3) is 0 Å². The highest BCUT2D eigenvalue weighted by atomic mass is 16.5. The van der Waals surface area contributed by atoms with E-state index >= 15 is 0 Å². The molecule has 37 heavy (non-hydrogen) atoms. The third-order valence-corrected chi connectivity index (χ3v) is 5.57. The van der Waals surface area contributed by atoms with E-state index in [0.29, 0.717) is 12.2 Å². The predicted octanol–water partition coefficient (Wildman–Crippen LogP) is 8.93. The first kappa shape index (κ1) is 33.5. The number of rotatable bonds is 7. The van der Waals surface area contributed by atoms with Gasteiger partial charge in [-0.3, -0.25) is 4.99 Å². The second-order valence-corrected chi connectivity index (χ2v) is 8.20. The molecule has 0 radical (unpaired) electrons. The smallest absolute Gasteiger partial charge is 0.291 e. The Balaban J connectivity index is 0.000000696. The normalized spacial score (nSPS) is 15.2. The summed E-state index contributed by atoms with van der Waals surface area (Å²) < 4.78 is 9.55. The van der Waals surface area contributed by atoms with Crippen molar-refractivity contribution >= 4 is 5.71 Å². The van der Waals surface area contributed by atoms with Gasteiger partial charge in [0.25, 0.3) is 6.26 Å². The molecule has 2 aromatic rings. The molecule has 2 atom stereocenters. The lowest BCUT2D eigenvalue weighted by Crippen LogP contribution is -2.19. The predicted molar refractivity (Wildman–Crippen MR) is 158 cm³/mol. The molecule has 5 heteroatoms. The summed E-state index contributed by atoms with van der Waals surface area (Å²) >= 11 is 0. The van der Waals surface area contributed by atoms with E-state index in [9.17, 15) is 0 Å². The summed E-state index contributed by atoms with van der Waals surface area (Å²) in [6, 6.07) is 13.1. The van der Waals surface area contributed by atoms with Crippen molar-refractivity contribution in [3.63, 3.8) is 0 Å². The first-order chi connectivity index (χ1) is 17.8. The Labute approximate surface area is 225 Å². The first-order valence-corrected chi connectivity index (χ1v) is 13.2. The van der Waals surface area contributed by atoms with Crippen LogP contribution in [0.1, 0.15) is 90.2 Å². The molecule has 1 N–H and O–H groups in total. The molecule has 2 unspecified atom stereocenters. The van der Waals surface area contributed by atoms with E-state index in [0.717, 1.165) is 11.5 Å². The molecule has 0 amide bonds. The molecule has 2 heterocycles. The van der Waals surface area contributed by atoms with Gasteiger partial charge in [-0.25, -0.2) is 0 Å². The molecule has 5 nitrogen and oxygen atoms in total. The van der Waals surface area contributed by atoms with Gasteiger partial charge in [-0.15, -0.1) is 5.26 Å². The third-order valence-electron chi connectivity index (χ3n) is 5.57. The van der Waals surface area contributed by atoms with Gasteiger partial charge < -0.3 is 14.5 Å². The summed E-state index contributed by atoms with van der Waals surface area (Å²) in [5.41, 5.74) is 7.60. The lowest BCUT2D eigenvalue weighted by molar-refractivity contribution is 0.293. The number of allylic oxidation sites excluding steroid dienone is 5. The molecule has 1 aromatic carbocycles. The molecule has 0 spiro atoms. The molecule has 0 fully saturated rings. The second-order valence-electron chi connectivity index (χ2n) is 8.20. The van der Waals surface area contributed by atoms with E-state index in [1.165, 1.54) is 28.1 Å². The van der Waals surface area contributed by atoms with Crippen LogP contribution in [0.15, 0.2) is 76.7 Å². The molecule has 0 aliphatic carbocycles. The summed E-state index contributed by atoms with van der Waals surface area (Å²) in [5, 5.41) is 8.23. The molecular weight excluding hydrogens is 458 g/mol. The minimum Gasteiger partial charge on any atom is -0.501 e. The monoisotopic (exact) mass is 505 g/mol. The molecule has 1 aromatic heterocycles. The summed E-state index contributed by atoms with van der Waals surface area (Å²) in [5.74, 6) is 1.67. The number of hydrogen-bond donors (Lipinski definition) is 1. The number of H-pyrrole nitrogens is 1. The number of nitriles is 1. The number of nitrogens with one attached hydrogen (secondary N) is 1. The summed E-state index contributed by atoms with van der Waals surface area (Å²) in [7, 11) is 1.59. The Morgan fingerprint density at radius 2 is 1.70 bits per heavy atom. The fourth-order valence-electron chi connectivity index (χ4n) is 3.91. The van der Waals surface area contributed by atoms with E-state index in [4.69, 9.17) is 15.0 Å². The zero-order chi connectivity index (χ0) is 28.4. The van der Waals surface area contributed by atoms with Crippen LogP contribution in [-0.2, 0) is 9.47 Å². The SMILES string of the molecule is CC.CC.CC/C(=C\C=C(/C)OC)OC#N.CC1=CC(C)=NC1C(c1ccccc1)c1[nH]c(C)cc1C. The maximum atomic E-state index is 8.23. The van der Waals surface area contributed by atoms with Gasteiger partial charge in [0.2, 0.25) is 0 Å². The van der Waals surface area contributed by atoms with Crippen LogP contribution in [-0.4, -0.2) is 23.8 Å². The minimum atomic E-state index is 0.198. The Hall–Kier alpha value is -3.52. The van der Waals surface area contributed by atoms with E-state index in [1.807, 2.05) is 41.5 Å². The number of aromatic nitrogens is 1. The summed E-state index contributed by atoms with van der Waals surface area (Å²) in [6.45, 7) is 20.3. The highest BCUT2D eigenvalue weighted by Gasteiger charge is 2.30. The number of nitrogens with zero attached hydrogens (tertiary/aromatic N) is 2. The molecule has 0 bridgehead atoms. The van der Waals surface area contributed by atoms with Crippen molar-refractivity contribution in [2.24, 2.45) is 4.99 Å². The molecule has 1 aliphatic heterocycles. The Morgan fingerprint density at radius 3 is 2.14 bits per heavy atom. The maximum Gasteiger partial charge on any atom is 0.291 e. The highest BCUT2D eigenvalue weighted by molar-refractivity contribution is 5.96. The van der Waals surface area contributed by atoms with Gasteiger partial charge in [0.15, 0.2) is 0 Å². The lowest BCUT2D eigenvalue weighted by Gasteiger charge is -2.24. The summed E-state index contributed by atoms with van der Waals surface area (Å²) in [6.07, 6.45) is 8.00. The molecule has 0 saturated carbocycles. The van der Waals surface area contributed by atoms with Gasteiger partial charge in [-0.05, 0) is 75.6 Å². The van der Waals surface area contributed by atoms with Crippen molar-refractivity contribution in [1.82, 2.24) is 4.98 Å². The maximum absolute atomic E-state index is 8.23. The third kappa shape index (κ3) is 11.0. The average molecular weight is 506 g/mol. The van der Waals surface area contributed by atoms with Gasteiger partial charge in [-0.1, -0.05) is 65.0 Å². The van der Waals surface area contributed by atoms with Crippen molar-refractivity contribution in [3.05, 3.63) is 94.2 Å². The zero-order valence-corrected chi connectivity index (χ0v) is 24.8. The highest BCUT2D eigenvalue weighted by Crippen LogP contribution is 2.36. The van der Waals surface area contributed by atoms with Crippen molar-refractivity contribution < 1.29 is 9.47 Å². The van der Waals surface area contributed by atoms with Crippen LogP contribution < -0.4 is 0 Å². The van der Waals surface area contributed by atoms with Crippen molar-refractivity contribution in [2.75, 3.05) is 7.11 Å². The number of aryl methyl sites for hydroxylation is 2. The number of aliphatic imine (C=N–C) groups is 1. The zero-order valence-electron chi connectivity index (χ0n) is 24.8. The second kappa shape index (κ2) is 18.7. The van der Waals surface area contributed by atoms with E-state index < -0.39 is 0 Å². The van der Waals surface area contributed by atoms with Crippen LogP contribution in [0.2, 0.25) is 0 Å². The number of methoxy groups -OCH3 is 1. The molecular formula is C32H47N3O2. The Kier molecular flexibility index (Phi) is 16.9. The fourth-order valence-corrected chi connectivity index (χ4v) is 3.91. The van der Waals surface area contributed by atoms with Crippen LogP contribution in [0.4, 0.5) is 0 Å². The number of aromatic amines is 1. The molecule has 0 saturated heterocycles. The lowest BCUT2D eigenvalue weighted by atomic mass is 9.84. The standard InChI is InChI=1S/C19H22N2.C9H13NO2.2C2H6/c1-12-10-14(3)20-18(12)17(16-8-6-5-7-9-16)19-13(2)11-15(4)21-19;1-4-9(12-7-10)6-5-8(2)11-3;2*1-2/h5-11,17-18,21H,1-4H3;5-6H,4H2,1-3H3;2*1-2H3/b;8-5+,9-6+;;. The Morgan fingerprint density at radius 1 is 1.08 bits per heavy atom. The van der Waals surface area contributed by atoms with Gasteiger partial charge in [-0.2, -0.15) is 0 Å². The molecule has 202 valence electrons.